The summed E-state index contributed by atoms with van der Waals surface area (Å²) in [5, 5.41) is 0. The second-order valence-corrected chi connectivity index (χ2v) is 5.48. The van der Waals surface area contributed by atoms with Crippen LogP contribution in [0.15, 0.2) is 21.1 Å². The highest BCUT2D eigenvalue weighted by Crippen LogP contribution is 2.31. The van der Waals surface area contributed by atoms with E-state index in [-0.39, 0.29) is 24.2 Å². The third-order valence-electron chi connectivity index (χ3n) is 2.79. The van der Waals surface area contributed by atoms with Crippen LogP contribution in [-0.2, 0) is 17.6 Å². The van der Waals surface area contributed by atoms with E-state index >= 15 is 0 Å². The van der Waals surface area contributed by atoms with Crippen LogP contribution in [0.25, 0.3) is 0 Å². The van der Waals surface area contributed by atoms with Crippen molar-refractivity contribution < 1.29 is 4.79 Å². The summed E-state index contributed by atoms with van der Waals surface area (Å²) in [5.41, 5.74) is 8.08. The van der Waals surface area contributed by atoms with E-state index < -0.39 is 0 Å². The first-order valence-corrected chi connectivity index (χ1v) is 6.42. The molecule has 0 saturated heterocycles. The molecule has 0 aliphatic heterocycles. The number of Topliss-reactive ketones (excluding diaryl/α,β-unsaturated/α-hetero) is 1. The lowest BCUT2D eigenvalue weighted by Gasteiger charge is -2.09. The number of hydrogen-bond donors (Lipinski definition) is 1. The molecular weight excluding hydrogens is 357 g/mol. The largest absolute Gasteiger partial charge is 0.321 e. The van der Waals surface area contributed by atoms with Gasteiger partial charge in [-0.25, -0.2) is 0 Å². The van der Waals surface area contributed by atoms with Crippen molar-refractivity contribution in [3.63, 3.8) is 0 Å². The number of halogens is 3. The van der Waals surface area contributed by atoms with E-state index in [1.165, 1.54) is 5.56 Å². The second kappa shape index (κ2) is 5.63. The predicted molar refractivity (Wildman–Crippen MR) is 74.1 cm³/mol. The van der Waals surface area contributed by atoms with Crippen LogP contribution in [0.4, 0.5) is 0 Å². The minimum absolute atomic E-state index is 0. The summed E-state index contributed by atoms with van der Waals surface area (Å²) in [5.74, 6) is 0.132. The van der Waals surface area contributed by atoms with Crippen molar-refractivity contribution in [2.75, 3.05) is 0 Å². The number of nitrogens with two attached hydrogens (primary N) is 1. The van der Waals surface area contributed by atoms with Gasteiger partial charge in [-0.15, -0.1) is 12.4 Å². The summed E-state index contributed by atoms with van der Waals surface area (Å²) < 4.78 is 2.07. The number of ketones is 1. The highest BCUT2D eigenvalue weighted by atomic mass is 79.9. The number of benzene rings is 1. The lowest BCUT2D eigenvalue weighted by atomic mass is 10.0. The number of rotatable bonds is 0. The smallest absolute Gasteiger partial charge is 0.153 e. The van der Waals surface area contributed by atoms with Crippen molar-refractivity contribution in [3.05, 3.63) is 32.2 Å². The SMILES string of the molecule is Cl.NC1CCc2c(Br)ccc(Br)c2CC1=O. The van der Waals surface area contributed by atoms with Crippen molar-refractivity contribution in [1.29, 1.82) is 0 Å². The summed E-state index contributed by atoms with van der Waals surface area (Å²) in [6.07, 6.45) is 2.04. The Hall–Kier alpha value is 0.1000. The fraction of sp³-hybridized carbons (Fsp3) is 0.364. The van der Waals surface area contributed by atoms with Crippen molar-refractivity contribution in [2.45, 2.75) is 25.3 Å². The van der Waals surface area contributed by atoms with Gasteiger partial charge in [0.1, 0.15) is 0 Å². The molecule has 0 aromatic heterocycles. The zero-order valence-corrected chi connectivity index (χ0v) is 12.5. The molecule has 0 radical (unpaired) electrons. The van der Waals surface area contributed by atoms with Crippen molar-refractivity contribution >= 4 is 50.1 Å². The summed E-state index contributed by atoms with van der Waals surface area (Å²) in [6.45, 7) is 0. The van der Waals surface area contributed by atoms with Crippen molar-refractivity contribution in [1.82, 2.24) is 0 Å². The van der Waals surface area contributed by atoms with Crippen molar-refractivity contribution in [3.8, 4) is 0 Å². The molecule has 0 spiro atoms. The molecule has 0 saturated carbocycles. The van der Waals surface area contributed by atoms with Gasteiger partial charge in [0.2, 0.25) is 0 Å². The Bertz CT molecular complexity index is 423. The first kappa shape index (κ1) is 14.2. The Labute approximate surface area is 118 Å². The first-order chi connectivity index (χ1) is 7.09. The second-order valence-electron chi connectivity index (χ2n) is 3.77. The molecule has 2 N–H and O–H groups in total. The fourth-order valence-electron chi connectivity index (χ4n) is 1.86. The van der Waals surface area contributed by atoms with Crippen molar-refractivity contribution in [2.24, 2.45) is 5.73 Å². The molecule has 1 aromatic carbocycles. The van der Waals surface area contributed by atoms with E-state index in [1.54, 1.807) is 0 Å². The molecule has 16 heavy (non-hydrogen) atoms. The van der Waals surface area contributed by atoms with Gasteiger partial charge in [-0.2, -0.15) is 0 Å². The summed E-state index contributed by atoms with van der Waals surface area (Å²) in [7, 11) is 0. The van der Waals surface area contributed by atoms with E-state index in [0.717, 1.165) is 27.4 Å². The third kappa shape index (κ3) is 2.67. The maximum atomic E-state index is 11.7. The molecule has 2 rings (SSSR count). The molecule has 1 unspecified atom stereocenters. The Balaban J connectivity index is 0.00000128. The Morgan fingerprint density at radius 1 is 1.19 bits per heavy atom. The lowest BCUT2D eigenvalue weighted by Crippen LogP contribution is -2.30. The van der Waals surface area contributed by atoms with Gasteiger partial charge in [0.15, 0.2) is 5.78 Å². The van der Waals surface area contributed by atoms with Gasteiger partial charge >= 0.3 is 0 Å². The van der Waals surface area contributed by atoms with Crippen LogP contribution in [0, 0.1) is 0 Å². The van der Waals surface area contributed by atoms with Gasteiger partial charge in [-0.1, -0.05) is 31.9 Å². The minimum Gasteiger partial charge on any atom is -0.321 e. The van der Waals surface area contributed by atoms with Crippen LogP contribution in [0.2, 0.25) is 0 Å². The maximum Gasteiger partial charge on any atom is 0.153 e. The monoisotopic (exact) mass is 367 g/mol. The van der Waals surface area contributed by atoms with E-state index in [4.69, 9.17) is 5.73 Å². The molecule has 1 atom stereocenters. The highest BCUT2D eigenvalue weighted by molar-refractivity contribution is 9.11. The molecule has 5 heteroatoms. The lowest BCUT2D eigenvalue weighted by molar-refractivity contribution is -0.119. The predicted octanol–water partition coefficient (Wildman–Crippen LogP) is 3.02. The molecule has 2 nitrogen and oxygen atoms in total. The van der Waals surface area contributed by atoms with Crippen LogP contribution in [0.3, 0.4) is 0 Å². The number of carbonyl (C=O) groups is 1. The zero-order valence-electron chi connectivity index (χ0n) is 8.50. The van der Waals surface area contributed by atoms with Gasteiger partial charge in [0, 0.05) is 15.4 Å². The third-order valence-corrected chi connectivity index (χ3v) is 4.27. The highest BCUT2D eigenvalue weighted by Gasteiger charge is 2.23. The van der Waals surface area contributed by atoms with Gasteiger partial charge in [-0.3, -0.25) is 4.79 Å². The summed E-state index contributed by atoms with van der Waals surface area (Å²) in [4.78, 5) is 11.7. The van der Waals surface area contributed by atoms with Gasteiger partial charge < -0.3 is 5.73 Å². The zero-order chi connectivity index (χ0) is 11.0. The normalized spacial score (nSPS) is 19.7. The van der Waals surface area contributed by atoms with Gasteiger partial charge in [0.25, 0.3) is 0 Å². The molecule has 0 heterocycles. The van der Waals surface area contributed by atoms with Crippen LogP contribution >= 0.6 is 44.3 Å². The van der Waals surface area contributed by atoms with E-state index in [9.17, 15) is 4.79 Å². The molecular formula is C11H12Br2ClNO. The number of carbonyl (C=O) groups excluding carboxylic acids is 1. The average molecular weight is 369 g/mol. The van der Waals surface area contributed by atoms with Crippen LogP contribution in [-0.4, -0.2) is 11.8 Å². The van der Waals surface area contributed by atoms with Crippen LogP contribution in [0.5, 0.6) is 0 Å². The quantitative estimate of drug-likeness (QED) is 0.715. The van der Waals surface area contributed by atoms with E-state index in [2.05, 4.69) is 31.9 Å². The summed E-state index contributed by atoms with van der Waals surface area (Å²) >= 11 is 7.00. The maximum absolute atomic E-state index is 11.7. The molecule has 1 aromatic rings. The van der Waals surface area contributed by atoms with Gasteiger partial charge in [0.05, 0.1) is 6.04 Å². The Morgan fingerprint density at radius 3 is 2.38 bits per heavy atom. The summed E-state index contributed by atoms with van der Waals surface area (Å²) in [6, 6.07) is 3.66. The number of fused-ring (bicyclic) bond motifs is 1. The topological polar surface area (TPSA) is 43.1 Å². The number of hydrogen-bond acceptors (Lipinski definition) is 2. The standard InChI is InChI=1S/C11H11Br2NO.ClH/c12-8-2-3-9(13)7-5-11(15)10(14)4-1-6(7)8;/h2-3,10H,1,4-5,14H2;1H. The molecule has 0 amide bonds. The molecule has 1 aliphatic rings. The molecule has 0 fully saturated rings. The van der Waals surface area contributed by atoms with Gasteiger partial charge in [-0.05, 0) is 36.1 Å². The van der Waals surface area contributed by atoms with Crippen LogP contribution in [0.1, 0.15) is 17.5 Å². The first-order valence-electron chi connectivity index (χ1n) is 4.83. The molecule has 1 aliphatic carbocycles. The minimum atomic E-state index is -0.309. The molecule has 88 valence electrons. The molecule has 0 bridgehead atoms. The average Bonchev–Trinajstić information content (AvgIpc) is 2.35. The Kier molecular flexibility index (Phi) is 4.98. The van der Waals surface area contributed by atoms with Crippen LogP contribution < -0.4 is 5.73 Å². The van der Waals surface area contributed by atoms with E-state index in [1.807, 2.05) is 12.1 Å². The Morgan fingerprint density at radius 2 is 1.75 bits per heavy atom. The van der Waals surface area contributed by atoms with E-state index in [0.29, 0.717) is 6.42 Å². The fourth-order valence-corrected chi connectivity index (χ4v) is 2.94.